The molecular formula is C16H16Cl2N2O. The van der Waals surface area contributed by atoms with E-state index in [2.05, 4.69) is 10.3 Å². The van der Waals surface area contributed by atoms with E-state index in [4.69, 9.17) is 27.9 Å². The Labute approximate surface area is 134 Å². The molecule has 0 radical (unpaired) electrons. The minimum atomic E-state index is 0.372. The Morgan fingerprint density at radius 3 is 2.76 bits per heavy atom. The lowest BCUT2D eigenvalue weighted by molar-refractivity contribution is 0.301. The van der Waals surface area contributed by atoms with Crippen molar-refractivity contribution in [3.8, 4) is 5.75 Å². The third-order valence-electron chi connectivity index (χ3n) is 3.28. The van der Waals surface area contributed by atoms with Crippen molar-refractivity contribution in [2.24, 2.45) is 0 Å². The summed E-state index contributed by atoms with van der Waals surface area (Å²) in [7, 11) is 0. The van der Waals surface area contributed by atoms with Gasteiger partial charge in [0.15, 0.2) is 0 Å². The van der Waals surface area contributed by atoms with Crippen LogP contribution in [0.1, 0.15) is 24.2 Å². The van der Waals surface area contributed by atoms with E-state index in [0.717, 1.165) is 17.9 Å². The average Bonchev–Trinajstić information content (AvgIpc) is 3.31. The van der Waals surface area contributed by atoms with E-state index in [-0.39, 0.29) is 0 Å². The Kier molecular flexibility index (Phi) is 4.63. The molecule has 1 heterocycles. The molecule has 0 amide bonds. The molecule has 1 aromatic heterocycles. The smallest absolute Gasteiger partial charge is 0.139 e. The van der Waals surface area contributed by atoms with Gasteiger partial charge in [0, 0.05) is 23.7 Å². The molecule has 0 aliphatic heterocycles. The van der Waals surface area contributed by atoms with Crippen LogP contribution in [0.25, 0.3) is 0 Å². The quantitative estimate of drug-likeness (QED) is 0.864. The minimum Gasteiger partial charge on any atom is -0.486 e. The summed E-state index contributed by atoms with van der Waals surface area (Å²) >= 11 is 12.0. The molecule has 0 spiro atoms. The van der Waals surface area contributed by atoms with Gasteiger partial charge in [0.2, 0.25) is 0 Å². The van der Waals surface area contributed by atoms with Crippen molar-refractivity contribution in [1.82, 2.24) is 10.3 Å². The van der Waals surface area contributed by atoms with Crippen LogP contribution in [0.15, 0.2) is 36.4 Å². The Bertz CT molecular complexity index is 629. The number of ether oxygens (including phenoxy) is 1. The molecule has 3 nitrogen and oxygen atoms in total. The summed E-state index contributed by atoms with van der Waals surface area (Å²) in [5.74, 6) is 0.576. The van der Waals surface area contributed by atoms with Crippen molar-refractivity contribution in [2.75, 3.05) is 0 Å². The molecule has 1 saturated carbocycles. The van der Waals surface area contributed by atoms with E-state index in [1.807, 2.05) is 18.2 Å². The molecule has 1 fully saturated rings. The summed E-state index contributed by atoms with van der Waals surface area (Å²) in [6, 6.07) is 11.8. The average molecular weight is 323 g/mol. The Balaban J connectivity index is 1.61. The summed E-state index contributed by atoms with van der Waals surface area (Å²) in [5, 5.41) is 4.60. The highest BCUT2D eigenvalue weighted by atomic mass is 35.5. The number of pyridine rings is 1. The van der Waals surface area contributed by atoms with Crippen LogP contribution in [0.3, 0.4) is 0 Å². The van der Waals surface area contributed by atoms with Gasteiger partial charge in [-0.05, 0) is 37.1 Å². The molecule has 2 aromatic rings. The van der Waals surface area contributed by atoms with E-state index >= 15 is 0 Å². The second-order valence-electron chi connectivity index (χ2n) is 5.14. The van der Waals surface area contributed by atoms with Crippen molar-refractivity contribution in [3.63, 3.8) is 0 Å². The van der Waals surface area contributed by atoms with Crippen molar-refractivity contribution >= 4 is 23.2 Å². The molecule has 5 heteroatoms. The van der Waals surface area contributed by atoms with Crippen LogP contribution in [0.4, 0.5) is 0 Å². The van der Waals surface area contributed by atoms with Crippen molar-refractivity contribution in [1.29, 1.82) is 0 Å². The highest BCUT2D eigenvalue weighted by Crippen LogP contribution is 2.28. The summed E-state index contributed by atoms with van der Waals surface area (Å²) in [6.07, 6.45) is 2.55. The lowest BCUT2D eigenvalue weighted by Crippen LogP contribution is -2.16. The lowest BCUT2D eigenvalue weighted by atomic mass is 10.3. The standard InChI is InChI=1S/C16H16Cl2N2O/c17-11-4-7-15(18)16(8-11)21-10-14-3-1-2-13(20-14)9-19-12-5-6-12/h1-4,7-8,12,19H,5-6,9-10H2. The van der Waals surface area contributed by atoms with Crippen molar-refractivity contribution in [2.45, 2.75) is 32.0 Å². The fourth-order valence-electron chi connectivity index (χ4n) is 1.98. The highest BCUT2D eigenvalue weighted by molar-refractivity contribution is 6.34. The first kappa shape index (κ1) is 14.6. The lowest BCUT2D eigenvalue weighted by Gasteiger charge is -2.09. The second-order valence-corrected chi connectivity index (χ2v) is 5.98. The van der Waals surface area contributed by atoms with Gasteiger partial charge in [-0.1, -0.05) is 29.3 Å². The van der Waals surface area contributed by atoms with E-state index in [1.54, 1.807) is 18.2 Å². The molecule has 0 bridgehead atoms. The Hall–Kier alpha value is -1.29. The maximum Gasteiger partial charge on any atom is 0.139 e. The topological polar surface area (TPSA) is 34.1 Å². The Morgan fingerprint density at radius 1 is 1.14 bits per heavy atom. The number of hydrogen-bond donors (Lipinski definition) is 1. The molecular weight excluding hydrogens is 307 g/mol. The van der Waals surface area contributed by atoms with Gasteiger partial charge >= 0.3 is 0 Å². The molecule has 3 rings (SSSR count). The fraction of sp³-hybridized carbons (Fsp3) is 0.312. The zero-order valence-electron chi connectivity index (χ0n) is 11.5. The van der Waals surface area contributed by atoms with Gasteiger partial charge in [0.05, 0.1) is 16.4 Å². The summed E-state index contributed by atoms with van der Waals surface area (Å²) in [4.78, 5) is 4.58. The number of rotatable bonds is 6. The van der Waals surface area contributed by atoms with Gasteiger partial charge in [-0.3, -0.25) is 4.98 Å². The highest BCUT2D eigenvalue weighted by Gasteiger charge is 2.20. The molecule has 110 valence electrons. The van der Waals surface area contributed by atoms with Crippen LogP contribution >= 0.6 is 23.2 Å². The monoisotopic (exact) mass is 322 g/mol. The van der Waals surface area contributed by atoms with Gasteiger partial charge < -0.3 is 10.1 Å². The van der Waals surface area contributed by atoms with Crippen LogP contribution in [0.5, 0.6) is 5.75 Å². The third kappa shape index (κ3) is 4.34. The maximum atomic E-state index is 6.07. The predicted octanol–water partition coefficient (Wildman–Crippen LogP) is 4.22. The van der Waals surface area contributed by atoms with Crippen LogP contribution in [-0.4, -0.2) is 11.0 Å². The number of benzene rings is 1. The third-order valence-corrected chi connectivity index (χ3v) is 3.83. The molecule has 1 aromatic carbocycles. The first-order chi connectivity index (χ1) is 10.2. The van der Waals surface area contributed by atoms with Gasteiger partial charge in [-0.25, -0.2) is 0 Å². The van der Waals surface area contributed by atoms with E-state index in [1.165, 1.54) is 12.8 Å². The predicted molar refractivity (Wildman–Crippen MR) is 84.9 cm³/mol. The van der Waals surface area contributed by atoms with Gasteiger partial charge in [0.1, 0.15) is 12.4 Å². The summed E-state index contributed by atoms with van der Waals surface area (Å²) < 4.78 is 5.70. The number of aromatic nitrogens is 1. The summed E-state index contributed by atoms with van der Waals surface area (Å²) in [5.41, 5.74) is 1.90. The van der Waals surface area contributed by atoms with E-state index in [0.29, 0.717) is 28.4 Å². The van der Waals surface area contributed by atoms with Gasteiger partial charge in [-0.2, -0.15) is 0 Å². The molecule has 1 aliphatic carbocycles. The summed E-state index contributed by atoms with van der Waals surface area (Å²) in [6.45, 7) is 1.17. The van der Waals surface area contributed by atoms with Crippen LogP contribution in [-0.2, 0) is 13.2 Å². The first-order valence-electron chi connectivity index (χ1n) is 6.97. The van der Waals surface area contributed by atoms with Gasteiger partial charge in [-0.15, -0.1) is 0 Å². The van der Waals surface area contributed by atoms with Crippen LogP contribution in [0, 0.1) is 0 Å². The van der Waals surface area contributed by atoms with Crippen LogP contribution in [0.2, 0.25) is 10.0 Å². The number of hydrogen-bond acceptors (Lipinski definition) is 3. The molecule has 1 N–H and O–H groups in total. The minimum absolute atomic E-state index is 0.372. The van der Waals surface area contributed by atoms with E-state index in [9.17, 15) is 0 Å². The number of nitrogens with zero attached hydrogens (tertiary/aromatic N) is 1. The zero-order valence-corrected chi connectivity index (χ0v) is 13.0. The maximum absolute atomic E-state index is 6.07. The van der Waals surface area contributed by atoms with Crippen molar-refractivity contribution < 1.29 is 4.74 Å². The first-order valence-corrected chi connectivity index (χ1v) is 7.72. The molecule has 0 unspecified atom stereocenters. The fourth-order valence-corrected chi connectivity index (χ4v) is 2.32. The van der Waals surface area contributed by atoms with Gasteiger partial charge in [0.25, 0.3) is 0 Å². The molecule has 1 aliphatic rings. The largest absolute Gasteiger partial charge is 0.486 e. The SMILES string of the molecule is Clc1ccc(Cl)c(OCc2cccc(CNC3CC3)n2)c1. The van der Waals surface area contributed by atoms with Crippen LogP contribution < -0.4 is 10.1 Å². The molecule has 0 saturated heterocycles. The normalized spacial score (nSPS) is 14.2. The molecule has 21 heavy (non-hydrogen) atoms. The molecule has 0 atom stereocenters. The number of nitrogens with one attached hydrogen (secondary N) is 1. The number of halogens is 2. The second kappa shape index (κ2) is 6.65. The van der Waals surface area contributed by atoms with Crippen molar-refractivity contribution in [3.05, 3.63) is 57.8 Å². The Morgan fingerprint density at radius 2 is 1.95 bits per heavy atom. The zero-order chi connectivity index (χ0) is 14.7. The van der Waals surface area contributed by atoms with E-state index < -0.39 is 0 Å².